The van der Waals surface area contributed by atoms with Crippen LogP contribution in [0.1, 0.15) is 5.56 Å². The fraction of sp³-hybridized carbons (Fsp3) is 0.250. The molecule has 7 heteroatoms. The Kier molecular flexibility index (Phi) is 3.80. The highest BCUT2D eigenvalue weighted by atomic mass is 35.5. The normalized spacial score (nSPS) is 10.4. The minimum absolute atomic E-state index is 0.0781. The van der Waals surface area contributed by atoms with E-state index >= 15 is 0 Å². The van der Waals surface area contributed by atoms with Crippen molar-refractivity contribution in [2.24, 2.45) is 0 Å². The molecule has 0 aliphatic heterocycles. The van der Waals surface area contributed by atoms with Crippen molar-refractivity contribution < 1.29 is 4.39 Å². The van der Waals surface area contributed by atoms with Crippen molar-refractivity contribution in [3.63, 3.8) is 0 Å². The molecule has 0 radical (unpaired) electrons. The maximum Gasteiger partial charge on any atom is 0.233 e. The van der Waals surface area contributed by atoms with Crippen molar-refractivity contribution in [2.45, 2.75) is 6.92 Å². The Morgan fingerprint density at radius 1 is 1.16 bits per heavy atom. The van der Waals surface area contributed by atoms with Crippen LogP contribution in [0.25, 0.3) is 0 Å². The maximum absolute atomic E-state index is 13.3. The van der Waals surface area contributed by atoms with Crippen LogP contribution >= 0.6 is 11.6 Å². The maximum atomic E-state index is 13.3. The fourth-order valence-electron chi connectivity index (χ4n) is 1.53. The first kappa shape index (κ1) is 13.5. The van der Waals surface area contributed by atoms with Crippen LogP contribution in [0.4, 0.5) is 22.0 Å². The Morgan fingerprint density at radius 3 is 2.53 bits per heavy atom. The summed E-state index contributed by atoms with van der Waals surface area (Å²) in [5.41, 5.74) is 1.36. The van der Waals surface area contributed by atoms with E-state index in [1.165, 1.54) is 12.1 Å². The third kappa shape index (κ3) is 3.51. The van der Waals surface area contributed by atoms with Crippen LogP contribution < -0.4 is 10.2 Å². The zero-order chi connectivity index (χ0) is 14.0. The molecule has 0 spiro atoms. The summed E-state index contributed by atoms with van der Waals surface area (Å²) in [6.45, 7) is 1.81. The third-order valence-electron chi connectivity index (χ3n) is 2.29. The smallest absolute Gasteiger partial charge is 0.233 e. The minimum atomic E-state index is -0.324. The van der Waals surface area contributed by atoms with Gasteiger partial charge in [-0.3, -0.25) is 0 Å². The zero-order valence-electron chi connectivity index (χ0n) is 10.8. The number of benzene rings is 1. The summed E-state index contributed by atoms with van der Waals surface area (Å²) in [5.74, 6) is 0.375. The molecule has 1 aromatic carbocycles. The van der Waals surface area contributed by atoms with Crippen molar-refractivity contribution in [2.75, 3.05) is 24.3 Å². The molecule has 100 valence electrons. The number of rotatable bonds is 3. The molecule has 2 rings (SSSR count). The van der Waals surface area contributed by atoms with Gasteiger partial charge in [-0.15, -0.1) is 0 Å². The van der Waals surface area contributed by atoms with Gasteiger partial charge >= 0.3 is 0 Å². The third-order valence-corrected chi connectivity index (χ3v) is 2.46. The van der Waals surface area contributed by atoms with Gasteiger partial charge in [-0.1, -0.05) is 0 Å². The molecule has 0 amide bonds. The molecule has 1 heterocycles. The number of hydrogen-bond donors (Lipinski definition) is 1. The molecule has 0 bridgehead atoms. The lowest BCUT2D eigenvalue weighted by molar-refractivity contribution is 0.627. The van der Waals surface area contributed by atoms with E-state index in [2.05, 4.69) is 20.3 Å². The van der Waals surface area contributed by atoms with Gasteiger partial charge in [0.1, 0.15) is 5.82 Å². The predicted octanol–water partition coefficient (Wildman–Crippen LogP) is 2.78. The van der Waals surface area contributed by atoms with Crippen molar-refractivity contribution in [3.8, 4) is 0 Å². The molecule has 5 nitrogen and oxygen atoms in total. The molecule has 0 unspecified atom stereocenters. The van der Waals surface area contributed by atoms with Gasteiger partial charge in [-0.25, -0.2) is 4.39 Å². The van der Waals surface area contributed by atoms with Gasteiger partial charge in [-0.2, -0.15) is 15.0 Å². The molecule has 0 atom stereocenters. The SMILES string of the molecule is Cc1cc(F)cc(Nc2nc(Cl)nc(N(C)C)n2)c1. The zero-order valence-corrected chi connectivity index (χ0v) is 11.5. The van der Waals surface area contributed by atoms with Gasteiger partial charge in [0.15, 0.2) is 0 Å². The molecular formula is C12H13ClFN5. The Labute approximate surface area is 115 Å². The highest BCUT2D eigenvalue weighted by Gasteiger charge is 2.07. The molecule has 0 saturated heterocycles. The number of hydrogen-bond acceptors (Lipinski definition) is 5. The van der Waals surface area contributed by atoms with Crippen molar-refractivity contribution >= 4 is 29.2 Å². The number of anilines is 3. The molecule has 0 saturated carbocycles. The number of halogens is 2. The second-order valence-electron chi connectivity index (χ2n) is 4.26. The van der Waals surface area contributed by atoms with Crippen LogP contribution in [0, 0.1) is 12.7 Å². The van der Waals surface area contributed by atoms with Crippen LogP contribution in [-0.4, -0.2) is 29.0 Å². The summed E-state index contributed by atoms with van der Waals surface area (Å²) in [6, 6.07) is 4.59. The monoisotopic (exact) mass is 281 g/mol. The molecule has 0 aliphatic carbocycles. The lowest BCUT2D eigenvalue weighted by Gasteiger charge is -2.12. The van der Waals surface area contributed by atoms with E-state index in [0.717, 1.165) is 5.56 Å². The minimum Gasteiger partial charge on any atom is -0.347 e. The number of nitrogens with zero attached hydrogens (tertiary/aromatic N) is 4. The van der Waals surface area contributed by atoms with Gasteiger partial charge in [0.05, 0.1) is 0 Å². The highest BCUT2D eigenvalue weighted by Crippen LogP contribution is 2.19. The van der Waals surface area contributed by atoms with Crippen LogP contribution in [0.2, 0.25) is 5.28 Å². The van der Waals surface area contributed by atoms with E-state index in [4.69, 9.17) is 11.6 Å². The van der Waals surface area contributed by atoms with Gasteiger partial charge in [0, 0.05) is 19.8 Å². The lowest BCUT2D eigenvalue weighted by Crippen LogP contribution is -2.14. The van der Waals surface area contributed by atoms with Crippen molar-refractivity contribution in [1.29, 1.82) is 0 Å². The van der Waals surface area contributed by atoms with E-state index in [9.17, 15) is 4.39 Å². The van der Waals surface area contributed by atoms with Crippen LogP contribution in [-0.2, 0) is 0 Å². The van der Waals surface area contributed by atoms with Crippen LogP contribution in [0.5, 0.6) is 0 Å². The quantitative estimate of drug-likeness (QED) is 0.937. The van der Waals surface area contributed by atoms with Crippen molar-refractivity contribution in [3.05, 3.63) is 34.9 Å². The summed E-state index contributed by atoms with van der Waals surface area (Å²) in [5, 5.41) is 2.99. The van der Waals surface area contributed by atoms with E-state index in [-0.39, 0.29) is 17.0 Å². The Morgan fingerprint density at radius 2 is 1.89 bits per heavy atom. The molecule has 19 heavy (non-hydrogen) atoms. The van der Waals surface area contributed by atoms with Crippen LogP contribution in [0.15, 0.2) is 18.2 Å². The van der Waals surface area contributed by atoms with Gasteiger partial charge in [0.25, 0.3) is 0 Å². The summed E-state index contributed by atoms with van der Waals surface area (Å²) in [4.78, 5) is 13.8. The first-order valence-corrected chi connectivity index (χ1v) is 5.95. The van der Waals surface area contributed by atoms with Gasteiger partial charge in [0.2, 0.25) is 17.2 Å². The van der Waals surface area contributed by atoms with E-state index in [1.807, 2.05) is 0 Å². The Bertz CT molecular complexity index is 582. The highest BCUT2D eigenvalue weighted by molar-refractivity contribution is 6.28. The molecule has 0 fully saturated rings. The molecule has 1 aromatic heterocycles. The number of aromatic nitrogens is 3. The summed E-state index contributed by atoms with van der Waals surface area (Å²) < 4.78 is 13.3. The largest absolute Gasteiger partial charge is 0.347 e. The standard InChI is InChI=1S/C12H13ClFN5/c1-7-4-8(14)6-9(5-7)15-11-16-10(13)17-12(18-11)19(2)3/h4-6H,1-3H3,(H,15,16,17,18). The summed E-state index contributed by atoms with van der Waals surface area (Å²) in [7, 11) is 3.59. The summed E-state index contributed by atoms with van der Waals surface area (Å²) >= 11 is 5.82. The summed E-state index contributed by atoms with van der Waals surface area (Å²) in [6.07, 6.45) is 0. The van der Waals surface area contributed by atoms with Crippen LogP contribution in [0.3, 0.4) is 0 Å². The molecular weight excluding hydrogens is 269 g/mol. The van der Waals surface area contributed by atoms with Gasteiger partial charge in [-0.05, 0) is 42.3 Å². The van der Waals surface area contributed by atoms with E-state index in [0.29, 0.717) is 11.6 Å². The second kappa shape index (κ2) is 5.36. The lowest BCUT2D eigenvalue weighted by atomic mass is 10.2. The molecule has 1 N–H and O–H groups in total. The molecule has 0 aliphatic rings. The number of nitrogens with one attached hydrogen (secondary N) is 1. The fourth-order valence-corrected chi connectivity index (χ4v) is 1.69. The second-order valence-corrected chi connectivity index (χ2v) is 4.60. The topological polar surface area (TPSA) is 53.9 Å². The average molecular weight is 282 g/mol. The predicted molar refractivity (Wildman–Crippen MR) is 73.6 cm³/mol. The first-order valence-electron chi connectivity index (χ1n) is 5.57. The van der Waals surface area contributed by atoms with Gasteiger partial charge < -0.3 is 10.2 Å². The Hall–Kier alpha value is -1.95. The number of aryl methyl sites for hydroxylation is 1. The first-order chi connectivity index (χ1) is 8.94. The van der Waals surface area contributed by atoms with Crippen molar-refractivity contribution in [1.82, 2.24) is 15.0 Å². The molecule has 2 aromatic rings. The average Bonchev–Trinajstić information content (AvgIpc) is 2.26. The van der Waals surface area contributed by atoms with E-state index in [1.54, 1.807) is 32.0 Å². The Balaban J connectivity index is 2.32. The van der Waals surface area contributed by atoms with E-state index < -0.39 is 0 Å².